The summed E-state index contributed by atoms with van der Waals surface area (Å²) >= 11 is 0. The van der Waals surface area contributed by atoms with Gasteiger partial charge >= 0.3 is 7.60 Å². The first-order valence-electron chi connectivity index (χ1n) is 6.74. The maximum atomic E-state index is 12.3. The van der Waals surface area contributed by atoms with Gasteiger partial charge in [0.2, 0.25) is 0 Å². The van der Waals surface area contributed by atoms with E-state index in [1.54, 1.807) is 19.1 Å². The first-order chi connectivity index (χ1) is 9.97. The Morgan fingerprint density at radius 1 is 1.29 bits per heavy atom. The summed E-state index contributed by atoms with van der Waals surface area (Å²) in [5.41, 5.74) is 5.41. The highest BCUT2D eigenvalue weighted by atomic mass is 31.2. The highest BCUT2D eigenvalue weighted by Gasteiger charge is 2.26. The first kappa shape index (κ1) is 19.6. The number of para-hydroxylation sites is 1. The van der Waals surface area contributed by atoms with Crippen molar-refractivity contribution in [2.45, 2.75) is 26.9 Å². The molecule has 1 aromatic rings. The van der Waals surface area contributed by atoms with E-state index in [-0.39, 0.29) is 18.8 Å². The van der Waals surface area contributed by atoms with Crippen molar-refractivity contribution < 1.29 is 23.1 Å². The summed E-state index contributed by atoms with van der Waals surface area (Å²) in [7, 11) is -3.12. The van der Waals surface area contributed by atoms with E-state index in [0.29, 0.717) is 18.8 Å². The molecule has 21 heavy (non-hydrogen) atoms. The summed E-state index contributed by atoms with van der Waals surface area (Å²) in [6.07, 6.45) is 0.0705. The molecular formula is C14H24NO5P. The predicted octanol–water partition coefficient (Wildman–Crippen LogP) is 2.82. The average Bonchev–Trinajstić information content (AvgIpc) is 2.40. The molecule has 0 saturated carbocycles. The summed E-state index contributed by atoms with van der Waals surface area (Å²) in [5, 5.41) is 0. The Labute approximate surface area is 126 Å². The summed E-state index contributed by atoms with van der Waals surface area (Å²) in [4.78, 5) is 9.18. The summed E-state index contributed by atoms with van der Waals surface area (Å²) < 4.78 is 27.2. The molecule has 0 spiro atoms. The minimum atomic E-state index is -3.12. The summed E-state index contributed by atoms with van der Waals surface area (Å²) in [5.74, 6) is 0.542. The topological polar surface area (TPSA) is 87.8 Å². The second-order valence-corrected chi connectivity index (χ2v) is 6.30. The van der Waals surface area contributed by atoms with E-state index < -0.39 is 7.60 Å². The molecular weight excluding hydrogens is 293 g/mol. The molecule has 1 rings (SSSR count). The molecule has 0 aliphatic heterocycles. The van der Waals surface area contributed by atoms with Gasteiger partial charge in [-0.1, -0.05) is 18.2 Å². The van der Waals surface area contributed by atoms with Crippen molar-refractivity contribution in [3.8, 4) is 5.75 Å². The Kier molecular flexibility index (Phi) is 10.6. The van der Waals surface area contributed by atoms with Gasteiger partial charge in [0.25, 0.3) is 6.47 Å². The molecule has 120 valence electrons. The van der Waals surface area contributed by atoms with Gasteiger partial charge in [0.1, 0.15) is 5.75 Å². The molecule has 1 atom stereocenters. The average molecular weight is 317 g/mol. The zero-order valence-electron chi connectivity index (χ0n) is 12.7. The Morgan fingerprint density at radius 2 is 1.90 bits per heavy atom. The third-order valence-corrected chi connectivity index (χ3v) is 4.03. The molecule has 0 aliphatic carbocycles. The molecule has 0 heterocycles. The lowest BCUT2D eigenvalue weighted by Crippen LogP contribution is -2.13. The van der Waals surface area contributed by atoms with Crippen molar-refractivity contribution in [1.82, 2.24) is 0 Å². The van der Waals surface area contributed by atoms with Crippen molar-refractivity contribution in [3.05, 3.63) is 30.3 Å². The van der Waals surface area contributed by atoms with Crippen LogP contribution in [-0.4, -0.2) is 31.9 Å². The van der Waals surface area contributed by atoms with Gasteiger partial charge in [-0.15, -0.1) is 0 Å². The van der Waals surface area contributed by atoms with Gasteiger partial charge in [-0.05, 0) is 32.9 Å². The third kappa shape index (κ3) is 10.1. The lowest BCUT2D eigenvalue weighted by atomic mass is 10.3. The van der Waals surface area contributed by atoms with E-state index >= 15 is 0 Å². The number of rotatable bonds is 8. The van der Waals surface area contributed by atoms with Gasteiger partial charge in [0.15, 0.2) is 0 Å². The zero-order chi connectivity index (χ0) is 16.1. The van der Waals surface area contributed by atoms with Crippen molar-refractivity contribution in [3.63, 3.8) is 0 Å². The van der Waals surface area contributed by atoms with Gasteiger partial charge in [-0.3, -0.25) is 9.32 Å². The van der Waals surface area contributed by atoms with Crippen LogP contribution in [0.3, 0.4) is 0 Å². The van der Waals surface area contributed by atoms with E-state index in [2.05, 4.69) is 4.74 Å². The molecule has 1 unspecified atom stereocenters. The second kappa shape index (κ2) is 11.3. The smallest absolute Gasteiger partial charge is 0.380 e. The van der Waals surface area contributed by atoms with Crippen LogP contribution in [0.2, 0.25) is 0 Å². The van der Waals surface area contributed by atoms with Gasteiger partial charge in [0, 0.05) is 6.54 Å². The molecule has 1 aromatic carbocycles. The molecule has 7 heteroatoms. The Hall–Kier alpha value is -1.36. The zero-order valence-corrected chi connectivity index (χ0v) is 13.6. The molecule has 6 nitrogen and oxygen atoms in total. The highest BCUT2D eigenvalue weighted by molar-refractivity contribution is 7.54. The fourth-order valence-corrected chi connectivity index (χ4v) is 2.95. The van der Waals surface area contributed by atoms with Crippen molar-refractivity contribution >= 4 is 14.1 Å². The number of nitrogens with two attached hydrogens (primary N) is 1. The minimum Gasteiger partial charge on any atom is -0.468 e. The van der Waals surface area contributed by atoms with Crippen LogP contribution in [0.5, 0.6) is 5.75 Å². The van der Waals surface area contributed by atoms with Crippen molar-refractivity contribution in [2.75, 3.05) is 19.3 Å². The molecule has 0 radical (unpaired) electrons. The molecule has 0 saturated heterocycles. The molecule has 2 N–H and O–H groups in total. The molecule has 0 amide bonds. The number of benzene rings is 1. The summed E-state index contributed by atoms with van der Waals surface area (Å²) in [6, 6.07) is 8.98. The Balaban J connectivity index is 0.000000690. The Morgan fingerprint density at radius 3 is 2.29 bits per heavy atom. The molecule has 0 fully saturated rings. The van der Waals surface area contributed by atoms with E-state index in [0.717, 1.165) is 0 Å². The largest absolute Gasteiger partial charge is 0.468 e. The molecule has 0 bridgehead atoms. The fraction of sp³-hybridized carbons (Fsp3) is 0.500. The maximum absolute atomic E-state index is 12.3. The SMILES string of the molecule is CC(C)OP(=O)(CCN)Oc1ccccc1.CCOC=O. The maximum Gasteiger partial charge on any atom is 0.380 e. The number of ether oxygens (including phenoxy) is 1. The number of carbonyl (C=O) groups is 1. The van der Waals surface area contributed by atoms with Gasteiger partial charge in [-0.25, -0.2) is 4.57 Å². The van der Waals surface area contributed by atoms with Crippen LogP contribution >= 0.6 is 7.60 Å². The van der Waals surface area contributed by atoms with E-state index in [9.17, 15) is 9.36 Å². The van der Waals surface area contributed by atoms with Crippen LogP contribution < -0.4 is 10.3 Å². The second-order valence-electron chi connectivity index (χ2n) is 4.23. The van der Waals surface area contributed by atoms with Gasteiger partial charge in [0.05, 0.1) is 18.9 Å². The molecule has 0 aliphatic rings. The summed E-state index contributed by atoms with van der Waals surface area (Å²) in [6.45, 7) is 6.57. The van der Waals surface area contributed by atoms with Crippen LogP contribution in [0.25, 0.3) is 0 Å². The lowest BCUT2D eigenvalue weighted by Gasteiger charge is -2.20. The van der Waals surface area contributed by atoms with Crippen LogP contribution in [0, 0.1) is 0 Å². The number of hydrogen-bond acceptors (Lipinski definition) is 6. The van der Waals surface area contributed by atoms with Crippen LogP contribution in [0.1, 0.15) is 20.8 Å². The fourth-order valence-electron chi connectivity index (χ4n) is 1.31. The first-order valence-corrected chi connectivity index (χ1v) is 8.47. The van der Waals surface area contributed by atoms with Crippen molar-refractivity contribution in [2.24, 2.45) is 5.73 Å². The van der Waals surface area contributed by atoms with Crippen LogP contribution in [-0.2, 0) is 18.6 Å². The van der Waals surface area contributed by atoms with Crippen LogP contribution in [0.4, 0.5) is 0 Å². The lowest BCUT2D eigenvalue weighted by molar-refractivity contribution is -0.128. The number of carbonyl (C=O) groups excluding carboxylic acids is 1. The quantitative estimate of drug-likeness (QED) is 0.586. The van der Waals surface area contributed by atoms with Crippen molar-refractivity contribution in [1.29, 1.82) is 0 Å². The van der Waals surface area contributed by atoms with E-state index in [1.165, 1.54) is 0 Å². The highest BCUT2D eigenvalue weighted by Crippen LogP contribution is 2.48. The standard InChI is InChI=1S/C11H18NO3P.C3H6O2/c1-10(2)14-16(13,9-8-12)15-11-6-4-3-5-7-11;1-2-5-3-4/h3-7,10H,8-9,12H2,1-2H3;3H,2H2,1H3. The van der Waals surface area contributed by atoms with Gasteiger partial charge in [-0.2, -0.15) is 0 Å². The van der Waals surface area contributed by atoms with Gasteiger partial charge < -0.3 is 15.0 Å². The van der Waals surface area contributed by atoms with E-state index in [4.69, 9.17) is 14.8 Å². The number of hydrogen-bond donors (Lipinski definition) is 1. The monoisotopic (exact) mass is 317 g/mol. The van der Waals surface area contributed by atoms with Crippen LogP contribution in [0.15, 0.2) is 30.3 Å². The third-order valence-electron chi connectivity index (χ3n) is 2.00. The predicted molar refractivity (Wildman–Crippen MR) is 82.5 cm³/mol. The molecule has 0 aromatic heterocycles. The van der Waals surface area contributed by atoms with E-state index in [1.807, 2.05) is 32.0 Å². The minimum absolute atomic E-state index is 0.152. The Bertz CT molecular complexity index is 425. The normalized spacial score (nSPS) is 12.8.